The van der Waals surface area contributed by atoms with Crippen LogP contribution in [0.1, 0.15) is 13.3 Å². The number of hydrogen-bond donors (Lipinski definition) is 3. The van der Waals surface area contributed by atoms with Crippen LogP contribution < -0.4 is 0 Å². The molecule has 2 aliphatic heterocycles. The van der Waals surface area contributed by atoms with Crippen LogP contribution >= 0.6 is 0 Å². The van der Waals surface area contributed by atoms with Crippen molar-refractivity contribution in [3.8, 4) is 0 Å². The Hall–Kier alpha value is -0.690. The van der Waals surface area contributed by atoms with Gasteiger partial charge in [-0.15, -0.1) is 0 Å². The Bertz CT molecular complexity index is 312. The van der Waals surface area contributed by atoms with E-state index in [-0.39, 0.29) is 5.91 Å². The maximum atomic E-state index is 11.3. The SMILES string of the molecule is CC(=O)N(C)[C@H]1CN2CC[C@H](O)[C@@H]2[C@@H](O)[C@@H]1O. The number of piperidine rings is 1. The molecule has 2 fully saturated rings. The summed E-state index contributed by atoms with van der Waals surface area (Å²) in [5.41, 5.74) is 0. The van der Waals surface area contributed by atoms with E-state index in [0.29, 0.717) is 19.5 Å². The van der Waals surface area contributed by atoms with Crippen molar-refractivity contribution >= 4 is 5.91 Å². The highest BCUT2D eigenvalue weighted by atomic mass is 16.3. The molecule has 2 rings (SSSR count). The van der Waals surface area contributed by atoms with Gasteiger partial charge in [-0.05, 0) is 6.42 Å². The minimum absolute atomic E-state index is 0.139. The van der Waals surface area contributed by atoms with Gasteiger partial charge in [0.05, 0.1) is 24.3 Å². The molecule has 0 radical (unpaired) electrons. The van der Waals surface area contributed by atoms with Crippen LogP contribution in [0.15, 0.2) is 0 Å². The Morgan fingerprint density at radius 2 is 1.94 bits per heavy atom. The van der Waals surface area contributed by atoms with E-state index in [1.807, 2.05) is 4.90 Å². The third kappa shape index (κ3) is 2.06. The molecule has 0 aromatic carbocycles. The molecule has 2 heterocycles. The third-order valence-electron chi connectivity index (χ3n) is 4.04. The molecule has 0 spiro atoms. The molecule has 0 aromatic heterocycles. The minimum Gasteiger partial charge on any atom is -0.391 e. The van der Waals surface area contributed by atoms with E-state index < -0.39 is 30.4 Å². The largest absolute Gasteiger partial charge is 0.391 e. The van der Waals surface area contributed by atoms with E-state index in [2.05, 4.69) is 0 Å². The van der Waals surface area contributed by atoms with Gasteiger partial charge in [-0.1, -0.05) is 0 Å². The lowest BCUT2D eigenvalue weighted by atomic mass is 9.90. The topological polar surface area (TPSA) is 84.2 Å². The van der Waals surface area contributed by atoms with Gasteiger partial charge in [-0.2, -0.15) is 0 Å². The van der Waals surface area contributed by atoms with E-state index in [9.17, 15) is 20.1 Å². The Balaban J connectivity index is 2.15. The molecular formula is C11H20N2O4. The highest BCUT2D eigenvalue weighted by Crippen LogP contribution is 2.29. The zero-order chi connectivity index (χ0) is 12.7. The van der Waals surface area contributed by atoms with E-state index in [1.54, 1.807) is 7.05 Å². The molecular weight excluding hydrogens is 224 g/mol. The summed E-state index contributed by atoms with van der Waals surface area (Å²) in [6, 6.07) is -0.814. The first kappa shape index (κ1) is 12.8. The van der Waals surface area contributed by atoms with Gasteiger partial charge in [-0.25, -0.2) is 0 Å². The van der Waals surface area contributed by atoms with Crippen molar-refractivity contribution in [3.05, 3.63) is 0 Å². The first-order chi connectivity index (χ1) is 7.93. The zero-order valence-corrected chi connectivity index (χ0v) is 10.2. The van der Waals surface area contributed by atoms with Crippen molar-refractivity contribution in [2.45, 2.75) is 43.7 Å². The number of aliphatic hydroxyl groups excluding tert-OH is 3. The molecule has 2 aliphatic rings. The molecule has 0 bridgehead atoms. The third-order valence-corrected chi connectivity index (χ3v) is 4.04. The molecule has 0 saturated carbocycles. The lowest BCUT2D eigenvalue weighted by Crippen LogP contribution is -2.65. The standard InChI is InChI=1S/C11H20N2O4/c1-6(14)12(2)7-5-13-4-3-8(15)9(13)11(17)10(7)16/h7-11,15-17H,3-5H2,1-2H3/t7-,8-,9+,10+,11+/m0/s1. The van der Waals surface area contributed by atoms with E-state index >= 15 is 0 Å². The Kier molecular flexibility index (Phi) is 3.40. The predicted octanol–water partition coefficient (Wildman–Crippen LogP) is -2.00. The fraction of sp³-hybridized carbons (Fsp3) is 0.909. The summed E-state index contributed by atoms with van der Waals surface area (Å²) in [5.74, 6) is -0.139. The number of amides is 1. The van der Waals surface area contributed by atoms with Crippen molar-refractivity contribution in [2.24, 2.45) is 0 Å². The number of aliphatic hydroxyl groups is 3. The molecule has 1 amide bonds. The van der Waals surface area contributed by atoms with Gasteiger partial charge >= 0.3 is 0 Å². The maximum absolute atomic E-state index is 11.3. The monoisotopic (exact) mass is 244 g/mol. The summed E-state index contributed by atoms with van der Waals surface area (Å²) in [5, 5.41) is 29.8. The highest BCUT2D eigenvalue weighted by Gasteiger charge is 2.49. The summed E-state index contributed by atoms with van der Waals surface area (Å²) in [6.07, 6.45) is -2.00. The number of likely N-dealkylation sites (N-methyl/N-ethyl adjacent to an activating group) is 1. The van der Waals surface area contributed by atoms with E-state index in [0.717, 1.165) is 0 Å². The molecule has 6 heteroatoms. The fourth-order valence-electron chi connectivity index (χ4n) is 2.88. The number of carbonyl (C=O) groups is 1. The second-order valence-corrected chi connectivity index (χ2v) is 5.02. The first-order valence-corrected chi connectivity index (χ1v) is 5.95. The van der Waals surface area contributed by atoms with Crippen LogP contribution in [-0.4, -0.2) is 81.6 Å². The number of nitrogens with zero attached hydrogens (tertiary/aromatic N) is 2. The molecule has 6 nitrogen and oxygen atoms in total. The first-order valence-electron chi connectivity index (χ1n) is 5.95. The Morgan fingerprint density at radius 3 is 2.53 bits per heavy atom. The van der Waals surface area contributed by atoms with Crippen LogP contribution in [0.4, 0.5) is 0 Å². The molecule has 17 heavy (non-hydrogen) atoms. The summed E-state index contributed by atoms with van der Waals surface area (Å²) in [7, 11) is 1.62. The maximum Gasteiger partial charge on any atom is 0.219 e. The fourth-order valence-corrected chi connectivity index (χ4v) is 2.88. The van der Waals surface area contributed by atoms with Gasteiger partial charge in [0.15, 0.2) is 0 Å². The summed E-state index contributed by atoms with van der Waals surface area (Å²) >= 11 is 0. The summed E-state index contributed by atoms with van der Waals surface area (Å²) in [4.78, 5) is 14.7. The number of rotatable bonds is 1. The second kappa shape index (κ2) is 4.53. The molecule has 3 N–H and O–H groups in total. The van der Waals surface area contributed by atoms with Gasteiger partial charge in [0.2, 0.25) is 5.91 Å². The average molecular weight is 244 g/mol. The molecule has 0 aliphatic carbocycles. The quantitative estimate of drug-likeness (QED) is 0.497. The molecule has 2 saturated heterocycles. The van der Waals surface area contributed by atoms with Crippen molar-refractivity contribution in [3.63, 3.8) is 0 Å². The summed E-state index contributed by atoms with van der Waals surface area (Å²) < 4.78 is 0. The van der Waals surface area contributed by atoms with E-state index in [1.165, 1.54) is 11.8 Å². The van der Waals surface area contributed by atoms with Crippen molar-refractivity contribution < 1.29 is 20.1 Å². The summed E-state index contributed by atoms with van der Waals surface area (Å²) in [6.45, 7) is 2.62. The molecule has 0 aromatic rings. The Morgan fingerprint density at radius 1 is 1.29 bits per heavy atom. The van der Waals surface area contributed by atoms with Crippen molar-refractivity contribution in [1.82, 2.24) is 9.80 Å². The molecule has 5 atom stereocenters. The van der Waals surface area contributed by atoms with Crippen LogP contribution in [0.25, 0.3) is 0 Å². The van der Waals surface area contributed by atoms with Gasteiger partial charge in [0.1, 0.15) is 6.10 Å². The molecule has 98 valence electrons. The highest BCUT2D eigenvalue weighted by molar-refractivity contribution is 5.73. The minimum atomic E-state index is -1.01. The Labute approximate surface area is 100 Å². The van der Waals surface area contributed by atoms with Crippen molar-refractivity contribution in [1.29, 1.82) is 0 Å². The van der Waals surface area contributed by atoms with Gasteiger partial charge < -0.3 is 20.2 Å². The van der Waals surface area contributed by atoms with Crippen LogP contribution in [0.2, 0.25) is 0 Å². The zero-order valence-electron chi connectivity index (χ0n) is 10.2. The molecule has 0 unspecified atom stereocenters. The number of fused-ring (bicyclic) bond motifs is 1. The van der Waals surface area contributed by atoms with Crippen LogP contribution in [0.5, 0.6) is 0 Å². The van der Waals surface area contributed by atoms with Crippen LogP contribution in [0.3, 0.4) is 0 Å². The average Bonchev–Trinajstić information content (AvgIpc) is 2.64. The van der Waals surface area contributed by atoms with Gasteiger partial charge in [0.25, 0.3) is 0 Å². The normalized spacial score (nSPS) is 42.3. The number of hydrogen-bond acceptors (Lipinski definition) is 5. The van der Waals surface area contributed by atoms with Gasteiger partial charge in [0, 0.05) is 27.1 Å². The smallest absolute Gasteiger partial charge is 0.219 e. The predicted molar refractivity (Wildman–Crippen MR) is 60.2 cm³/mol. The van der Waals surface area contributed by atoms with Crippen LogP contribution in [0, 0.1) is 0 Å². The second-order valence-electron chi connectivity index (χ2n) is 5.02. The number of carbonyl (C=O) groups excluding carboxylic acids is 1. The van der Waals surface area contributed by atoms with Crippen LogP contribution in [-0.2, 0) is 4.79 Å². The lowest BCUT2D eigenvalue weighted by Gasteiger charge is -2.45. The van der Waals surface area contributed by atoms with Gasteiger partial charge in [-0.3, -0.25) is 9.69 Å². The lowest BCUT2D eigenvalue weighted by molar-refractivity contribution is -0.147. The van der Waals surface area contributed by atoms with Crippen molar-refractivity contribution in [2.75, 3.05) is 20.1 Å². The van der Waals surface area contributed by atoms with E-state index in [4.69, 9.17) is 0 Å².